The molecule has 0 spiro atoms. The summed E-state index contributed by atoms with van der Waals surface area (Å²) in [4.78, 5) is 11.9. The number of carbonyl (C=O) groups excluding carboxylic acids is 1. The van der Waals surface area contributed by atoms with Crippen molar-refractivity contribution in [3.63, 3.8) is 0 Å². The van der Waals surface area contributed by atoms with E-state index in [1.165, 1.54) is 25.7 Å². The van der Waals surface area contributed by atoms with E-state index < -0.39 is 0 Å². The van der Waals surface area contributed by atoms with Crippen LogP contribution in [0.3, 0.4) is 0 Å². The van der Waals surface area contributed by atoms with Gasteiger partial charge in [-0.3, -0.25) is 4.79 Å². The van der Waals surface area contributed by atoms with Crippen LogP contribution in [0.1, 0.15) is 52.9 Å². The topological polar surface area (TPSA) is 41.1 Å². The molecule has 3 heteroatoms. The minimum Gasteiger partial charge on any atom is -0.356 e. The lowest BCUT2D eigenvalue weighted by molar-refractivity contribution is -0.125. The van der Waals surface area contributed by atoms with Gasteiger partial charge in [-0.15, -0.1) is 0 Å². The van der Waals surface area contributed by atoms with E-state index in [4.69, 9.17) is 0 Å². The molecule has 1 aliphatic rings. The van der Waals surface area contributed by atoms with Crippen LogP contribution in [0, 0.1) is 17.8 Å². The quantitative estimate of drug-likeness (QED) is 0.654. The van der Waals surface area contributed by atoms with Crippen molar-refractivity contribution in [2.24, 2.45) is 17.8 Å². The van der Waals surface area contributed by atoms with Gasteiger partial charge in [-0.2, -0.15) is 0 Å². The zero-order chi connectivity index (χ0) is 13.4. The molecule has 0 aliphatic carbocycles. The first-order valence-corrected chi connectivity index (χ1v) is 7.59. The van der Waals surface area contributed by atoms with Gasteiger partial charge in [-0.25, -0.2) is 0 Å². The lowest BCUT2D eigenvalue weighted by atomic mass is 9.97. The average molecular weight is 254 g/mol. The summed E-state index contributed by atoms with van der Waals surface area (Å²) in [7, 11) is 0. The second-order valence-corrected chi connectivity index (χ2v) is 6.13. The molecular weight excluding hydrogens is 224 g/mol. The number of carbonyl (C=O) groups is 1. The van der Waals surface area contributed by atoms with Gasteiger partial charge in [-0.1, -0.05) is 46.5 Å². The van der Waals surface area contributed by atoms with Gasteiger partial charge in [0, 0.05) is 13.1 Å². The molecule has 0 aromatic carbocycles. The fourth-order valence-corrected chi connectivity index (χ4v) is 2.53. The number of hydrogen-bond donors (Lipinski definition) is 2. The molecular formula is C15H30N2O. The molecule has 18 heavy (non-hydrogen) atoms. The first-order valence-electron chi connectivity index (χ1n) is 7.59. The van der Waals surface area contributed by atoms with Crippen LogP contribution < -0.4 is 10.6 Å². The number of amides is 1. The third-order valence-electron chi connectivity index (χ3n) is 3.86. The zero-order valence-electron chi connectivity index (χ0n) is 12.3. The van der Waals surface area contributed by atoms with Crippen LogP contribution in [-0.4, -0.2) is 25.5 Å². The third kappa shape index (κ3) is 5.85. The number of hydrogen-bond acceptors (Lipinski definition) is 2. The van der Waals surface area contributed by atoms with Gasteiger partial charge in [0.25, 0.3) is 0 Å². The molecule has 3 nitrogen and oxygen atoms in total. The second kappa shape index (κ2) is 8.52. The summed E-state index contributed by atoms with van der Waals surface area (Å²) in [5.74, 6) is 1.73. The predicted molar refractivity (Wildman–Crippen MR) is 76.5 cm³/mol. The molecule has 0 aromatic heterocycles. The Balaban J connectivity index is 1.96. The number of nitrogens with one attached hydrogen (secondary N) is 2. The van der Waals surface area contributed by atoms with Gasteiger partial charge in [-0.05, 0) is 24.8 Å². The van der Waals surface area contributed by atoms with Crippen LogP contribution in [0.25, 0.3) is 0 Å². The third-order valence-corrected chi connectivity index (χ3v) is 3.86. The molecule has 0 radical (unpaired) electrons. The molecule has 1 saturated heterocycles. The van der Waals surface area contributed by atoms with Crippen LogP contribution >= 0.6 is 0 Å². The predicted octanol–water partition coefficient (Wildman–Crippen LogP) is 2.56. The summed E-state index contributed by atoms with van der Waals surface area (Å²) in [6, 6.07) is 0. The summed E-state index contributed by atoms with van der Waals surface area (Å²) in [5, 5.41) is 6.35. The Morgan fingerprint density at radius 3 is 2.56 bits per heavy atom. The maximum atomic E-state index is 11.9. The van der Waals surface area contributed by atoms with E-state index in [1.54, 1.807) is 0 Å². The highest BCUT2D eigenvalue weighted by atomic mass is 16.1. The van der Waals surface area contributed by atoms with E-state index in [0.29, 0.717) is 5.92 Å². The smallest absolute Gasteiger partial charge is 0.224 e. The van der Waals surface area contributed by atoms with Crippen LogP contribution in [0.5, 0.6) is 0 Å². The molecule has 1 rings (SSSR count). The SMILES string of the molecule is CC(C)CCCCCCNC(=O)[C@@H]1CNC[C@H]1C. The van der Waals surface area contributed by atoms with Crippen LogP contribution in [0.2, 0.25) is 0 Å². The number of unbranched alkanes of at least 4 members (excludes halogenated alkanes) is 3. The van der Waals surface area contributed by atoms with Crippen molar-refractivity contribution in [2.75, 3.05) is 19.6 Å². The van der Waals surface area contributed by atoms with E-state index in [2.05, 4.69) is 31.4 Å². The maximum absolute atomic E-state index is 11.9. The summed E-state index contributed by atoms with van der Waals surface area (Å²) in [5.41, 5.74) is 0. The van der Waals surface area contributed by atoms with E-state index in [9.17, 15) is 4.79 Å². The normalized spacial score (nSPS) is 23.6. The Morgan fingerprint density at radius 1 is 1.22 bits per heavy atom. The monoisotopic (exact) mass is 254 g/mol. The van der Waals surface area contributed by atoms with Gasteiger partial charge >= 0.3 is 0 Å². The highest BCUT2D eigenvalue weighted by Crippen LogP contribution is 2.15. The Labute approximate surface area is 112 Å². The van der Waals surface area contributed by atoms with Gasteiger partial charge < -0.3 is 10.6 Å². The van der Waals surface area contributed by atoms with E-state index in [0.717, 1.165) is 32.0 Å². The maximum Gasteiger partial charge on any atom is 0.224 e. The van der Waals surface area contributed by atoms with E-state index in [1.807, 2.05) is 0 Å². The van der Waals surface area contributed by atoms with E-state index in [-0.39, 0.29) is 11.8 Å². The average Bonchev–Trinajstić information content (AvgIpc) is 2.73. The second-order valence-electron chi connectivity index (χ2n) is 6.13. The minimum atomic E-state index is 0.186. The highest BCUT2D eigenvalue weighted by Gasteiger charge is 2.28. The highest BCUT2D eigenvalue weighted by molar-refractivity contribution is 5.79. The fourth-order valence-electron chi connectivity index (χ4n) is 2.53. The fraction of sp³-hybridized carbons (Fsp3) is 0.933. The molecule has 2 atom stereocenters. The molecule has 1 aliphatic heterocycles. The van der Waals surface area contributed by atoms with Gasteiger partial charge in [0.05, 0.1) is 5.92 Å². The van der Waals surface area contributed by atoms with Crippen LogP contribution in [-0.2, 0) is 4.79 Å². The Morgan fingerprint density at radius 2 is 1.94 bits per heavy atom. The molecule has 0 aromatic rings. The van der Waals surface area contributed by atoms with Crippen LogP contribution in [0.4, 0.5) is 0 Å². The van der Waals surface area contributed by atoms with Gasteiger partial charge in [0.1, 0.15) is 0 Å². The van der Waals surface area contributed by atoms with E-state index >= 15 is 0 Å². The molecule has 0 unspecified atom stereocenters. The largest absolute Gasteiger partial charge is 0.356 e. The molecule has 1 heterocycles. The van der Waals surface area contributed by atoms with Crippen molar-refractivity contribution >= 4 is 5.91 Å². The van der Waals surface area contributed by atoms with Crippen molar-refractivity contribution in [2.45, 2.75) is 52.9 Å². The summed E-state index contributed by atoms with van der Waals surface area (Å²) in [6.45, 7) is 9.38. The standard InChI is InChI=1S/C15H30N2O/c1-12(2)8-6-4-5-7-9-17-15(18)14-11-16-10-13(14)3/h12-14,16H,4-11H2,1-3H3,(H,17,18)/t13-,14-/m1/s1. The van der Waals surface area contributed by atoms with Crippen LogP contribution in [0.15, 0.2) is 0 Å². The first-order chi connectivity index (χ1) is 8.61. The van der Waals surface area contributed by atoms with Gasteiger partial charge in [0.2, 0.25) is 5.91 Å². The van der Waals surface area contributed by atoms with Crippen molar-refractivity contribution < 1.29 is 4.79 Å². The zero-order valence-corrected chi connectivity index (χ0v) is 12.3. The molecule has 0 saturated carbocycles. The van der Waals surface area contributed by atoms with Crippen molar-refractivity contribution in [1.82, 2.24) is 10.6 Å². The summed E-state index contributed by atoms with van der Waals surface area (Å²) < 4.78 is 0. The minimum absolute atomic E-state index is 0.186. The van der Waals surface area contributed by atoms with Crippen molar-refractivity contribution in [3.8, 4) is 0 Å². The van der Waals surface area contributed by atoms with Crippen molar-refractivity contribution in [3.05, 3.63) is 0 Å². The molecule has 1 fully saturated rings. The summed E-state index contributed by atoms with van der Waals surface area (Å²) in [6.07, 6.45) is 6.33. The number of rotatable bonds is 8. The molecule has 106 valence electrons. The first kappa shape index (κ1) is 15.5. The molecule has 1 amide bonds. The lowest BCUT2D eigenvalue weighted by Gasteiger charge is -2.14. The Bertz CT molecular complexity index is 241. The molecule has 2 N–H and O–H groups in total. The lowest BCUT2D eigenvalue weighted by Crippen LogP contribution is -2.34. The van der Waals surface area contributed by atoms with Crippen molar-refractivity contribution in [1.29, 1.82) is 0 Å². The molecule has 0 bridgehead atoms. The summed E-state index contributed by atoms with van der Waals surface area (Å²) >= 11 is 0. The Kier molecular flexibility index (Phi) is 7.33. The van der Waals surface area contributed by atoms with Gasteiger partial charge in [0.15, 0.2) is 0 Å². The Hall–Kier alpha value is -0.570.